The molecule has 0 fully saturated rings. The van der Waals surface area contributed by atoms with Gasteiger partial charge >= 0.3 is 5.97 Å². The van der Waals surface area contributed by atoms with Crippen LogP contribution in [-0.4, -0.2) is 41.3 Å². The van der Waals surface area contributed by atoms with Crippen molar-refractivity contribution >= 4 is 11.9 Å². The smallest absolute Gasteiger partial charge is 0.332 e. The van der Waals surface area contributed by atoms with E-state index >= 15 is 0 Å². The van der Waals surface area contributed by atoms with E-state index in [1.165, 1.54) is 19.2 Å². The maximum absolute atomic E-state index is 13.1. The van der Waals surface area contributed by atoms with E-state index in [1.807, 2.05) is 25.1 Å². The average molecular weight is 462 g/mol. The molecule has 1 aliphatic rings. The fourth-order valence-corrected chi connectivity index (χ4v) is 4.34. The minimum absolute atomic E-state index is 0.0125. The number of aliphatic hydroxyl groups excluding tert-OH is 1. The third kappa shape index (κ3) is 4.47. The first-order chi connectivity index (χ1) is 16.3. The number of hydrogen-bond donors (Lipinski definition) is 3. The van der Waals surface area contributed by atoms with Gasteiger partial charge in [-0.15, -0.1) is 0 Å². The van der Waals surface area contributed by atoms with E-state index in [1.54, 1.807) is 30.3 Å². The molecule has 3 aromatic rings. The van der Waals surface area contributed by atoms with Crippen LogP contribution < -0.4 is 14.8 Å². The molecule has 0 spiro atoms. The first-order valence-corrected chi connectivity index (χ1v) is 11.0. The largest absolute Gasteiger partial charge is 0.493 e. The van der Waals surface area contributed by atoms with Crippen LogP contribution in [0.25, 0.3) is 0 Å². The number of carbonyl (C=O) groups excluding carboxylic acids is 1. The van der Waals surface area contributed by atoms with E-state index in [0.29, 0.717) is 35.7 Å². The predicted molar refractivity (Wildman–Crippen MR) is 126 cm³/mol. The van der Waals surface area contributed by atoms with Crippen LogP contribution in [0.1, 0.15) is 38.7 Å². The van der Waals surface area contributed by atoms with E-state index in [9.17, 15) is 19.8 Å². The Balaban J connectivity index is 1.52. The number of carboxylic acids is 1. The van der Waals surface area contributed by atoms with Gasteiger partial charge in [-0.2, -0.15) is 0 Å². The highest BCUT2D eigenvalue weighted by Gasteiger charge is 2.52. The normalized spacial score (nSPS) is 18.7. The number of hydrogen-bond acceptors (Lipinski definition) is 5. The summed E-state index contributed by atoms with van der Waals surface area (Å²) in [4.78, 5) is 25.3. The molecule has 0 radical (unpaired) electrons. The van der Waals surface area contributed by atoms with Gasteiger partial charge in [-0.05, 0) is 41.8 Å². The lowest BCUT2D eigenvalue weighted by Crippen LogP contribution is -2.57. The minimum atomic E-state index is -1.85. The second-order valence-corrected chi connectivity index (χ2v) is 8.46. The number of ether oxygens (including phenoxy) is 2. The summed E-state index contributed by atoms with van der Waals surface area (Å²) in [5.74, 6) is -1.09. The van der Waals surface area contributed by atoms with Crippen LogP contribution in [0.15, 0.2) is 66.7 Å². The molecule has 1 aliphatic carbocycles. The Morgan fingerprint density at radius 1 is 1.06 bits per heavy atom. The van der Waals surface area contributed by atoms with Gasteiger partial charge in [-0.25, -0.2) is 4.79 Å². The van der Waals surface area contributed by atoms with Crippen molar-refractivity contribution in [1.29, 1.82) is 0 Å². The Kier molecular flexibility index (Phi) is 6.56. The summed E-state index contributed by atoms with van der Waals surface area (Å²) in [5, 5.41) is 23.3. The molecule has 2 unspecified atom stereocenters. The summed E-state index contributed by atoms with van der Waals surface area (Å²) in [6.45, 7) is 2.40. The molecule has 0 saturated carbocycles. The minimum Gasteiger partial charge on any atom is -0.493 e. The number of aliphatic carboxylic acids is 1. The standard InChI is InChI=1S/C27H27NO6/c1-17-6-5-7-18(14-17)12-13-34-23-15-19(10-11-22(23)33-2)25(30)28-27(26(31)32)16-20-8-3-4-9-21(20)24(27)29/h3-11,14-15,24,29H,12-13,16H2,1-2H3,(H,28,30)(H,31,32). The third-order valence-electron chi connectivity index (χ3n) is 6.16. The van der Waals surface area contributed by atoms with Crippen LogP contribution in [0.4, 0.5) is 0 Å². The summed E-state index contributed by atoms with van der Waals surface area (Å²) in [7, 11) is 1.51. The monoisotopic (exact) mass is 461 g/mol. The zero-order valence-corrected chi connectivity index (χ0v) is 19.1. The molecular formula is C27H27NO6. The van der Waals surface area contributed by atoms with E-state index in [2.05, 4.69) is 11.4 Å². The zero-order valence-electron chi connectivity index (χ0n) is 19.1. The second kappa shape index (κ2) is 9.57. The number of nitrogens with one attached hydrogen (secondary N) is 1. The maximum atomic E-state index is 13.1. The number of benzene rings is 3. The summed E-state index contributed by atoms with van der Waals surface area (Å²) in [6, 6.07) is 19.7. The maximum Gasteiger partial charge on any atom is 0.332 e. The molecule has 176 valence electrons. The van der Waals surface area contributed by atoms with Crippen molar-refractivity contribution in [3.63, 3.8) is 0 Å². The van der Waals surface area contributed by atoms with Crippen LogP contribution in [0.3, 0.4) is 0 Å². The molecule has 0 aliphatic heterocycles. The van der Waals surface area contributed by atoms with Gasteiger partial charge in [0.1, 0.15) is 6.10 Å². The van der Waals surface area contributed by atoms with Gasteiger partial charge in [-0.1, -0.05) is 54.1 Å². The number of aryl methyl sites for hydroxylation is 1. The fraction of sp³-hybridized carbons (Fsp3) is 0.259. The first kappa shape index (κ1) is 23.3. The van der Waals surface area contributed by atoms with Gasteiger partial charge in [0, 0.05) is 18.4 Å². The Morgan fingerprint density at radius 2 is 1.85 bits per heavy atom. The van der Waals surface area contributed by atoms with E-state index in [4.69, 9.17) is 9.47 Å². The average Bonchev–Trinajstić information content (AvgIpc) is 3.11. The van der Waals surface area contributed by atoms with Gasteiger partial charge in [-0.3, -0.25) is 4.79 Å². The molecule has 3 N–H and O–H groups in total. The Hall–Kier alpha value is -3.84. The quantitative estimate of drug-likeness (QED) is 0.475. The fourth-order valence-electron chi connectivity index (χ4n) is 4.34. The Labute approximate surface area is 198 Å². The number of amides is 1. The number of methoxy groups -OCH3 is 1. The molecule has 0 heterocycles. The van der Waals surface area contributed by atoms with Gasteiger partial charge in [0.15, 0.2) is 17.0 Å². The highest BCUT2D eigenvalue weighted by molar-refractivity contribution is 5.99. The second-order valence-electron chi connectivity index (χ2n) is 8.46. The number of carboxylic acid groups (broad SMARTS) is 1. The number of rotatable bonds is 8. The lowest BCUT2D eigenvalue weighted by molar-refractivity contribution is -0.149. The van der Waals surface area contributed by atoms with Crippen molar-refractivity contribution in [2.24, 2.45) is 0 Å². The molecule has 0 aromatic heterocycles. The van der Waals surface area contributed by atoms with Gasteiger partial charge < -0.3 is 25.0 Å². The predicted octanol–water partition coefficient (Wildman–Crippen LogP) is 3.47. The lowest BCUT2D eigenvalue weighted by atomic mass is 9.92. The van der Waals surface area contributed by atoms with E-state index in [0.717, 1.165) is 11.1 Å². The van der Waals surface area contributed by atoms with Gasteiger partial charge in [0.2, 0.25) is 0 Å². The van der Waals surface area contributed by atoms with Crippen LogP contribution in [0.5, 0.6) is 11.5 Å². The van der Waals surface area contributed by atoms with Crippen molar-refractivity contribution < 1.29 is 29.3 Å². The first-order valence-electron chi connectivity index (χ1n) is 11.0. The van der Waals surface area contributed by atoms with Gasteiger partial charge in [0.25, 0.3) is 5.91 Å². The number of aliphatic hydroxyl groups is 1. The summed E-state index contributed by atoms with van der Waals surface area (Å²) >= 11 is 0. The molecule has 7 nitrogen and oxygen atoms in total. The molecule has 34 heavy (non-hydrogen) atoms. The van der Waals surface area contributed by atoms with Crippen LogP contribution in [0.2, 0.25) is 0 Å². The molecule has 4 rings (SSSR count). The molecule has 1 amide bonds. The Bertz CT molecular complexity index is 1220. The summed E-state index contributed by atoms with van der Waals surface area (Å²) < 4.78 is 11.3. The van der Waals surface area contributed by atoms with Crippen molar-refractivity contribution in [2.45, 2.75) is 31.4 Å². The summed E-state index contributed by atoms with van der Waals surface area (Å²) in [6.07, 6.45) is -0.705. The molecule has 2 atom stereocenters. The van der Waals surface area contributed by atoms with E-state index < -0.39 is 23.5 Å². The van der Waals surface area contributed by atoms with Crippen molar-refractivity contribution in [3.8, 4) is 11.5 Å². The highest BCUT2D eigenvalue weighted by atomic mass is 16.5. The topological polar surface area (TPSA) is 105 Å². The SMILES string of the molecule is COc1ccc(C(=O)NC2(C(=O)O)Cc3ccccc3C2O)cc1OCCc1cccc(C)c1. The van der Waals surface area contributed by atoms with Crippen LogP contribution in [0, 0.1) is 6.92 Å². The molecule has 3 aromatic carbocycles. The van der Waals surface area contributed by atoms with Crippen molar-refractivity contribution in [2.75, 3.05) is 13.7 Å². The number of fused-ring (bicyclic) bond motifs is 1. The van der Waals surface area contributed by atoms with Crippen molar-refractivity contribution in [1.82, 2.24) is 5.32 Å². The zero-order chi connectivity index (χ0) is 24.3. The highest BCUT2D eigenvalue weighted by Crippen LogP contribution is 2.40. The summed E-state index contributed by atoms with van der Waals surface area (Å²) in [5.41, 5.74) is 1.83. The molecular weight excluding hydrogens is 434 g/mol. The molecule has 7 heteroatoms. The van der Waals surface area contributed by atoms with E-state index in [-0.39, 0.29) is 12.0 Å². The van der Waals surface area contributed by atoms with Gasteiger partial charge in [0.05, 0.1) is 13.7 Å². The molecule has 0 bridgehead atoms. The number of carbonyl (C=O) groups is 2. The Morgan fingerprint density at radius 3 is 2.56 bits per heavy atom. The third-order valence-corrected chi connectivity index (χ3v) is 6.16. The van der Waals surface area contributed by atoms with Crippen LogP contribution in [-0.2, 0) is 17.6 Å². The van der Waals surface area contributed by atoms with Crippen molar-refractivity contribution in [3.05, 3.63) is 94.5 Å². The molecule has 0 saturated heterocycles. The lowest BCUT2D eigenvalue weighted by Gasteiger charge is -2.29. The van der Waals surface area contributed by atoms with Crippen LogP contribution >= 0.6 is 0 Å².